The lowest BCUT2D eigenvalue weighted by atomic mass is 9.81. The molecule has 1 aliphatic heterocycles. The maximum atomic E-state index is 9.64. The minimum absolute atomic E-state index is 0.0327. The van der Waals surface area contributed by atoms with Crippen LogP contribution in [0.25, 0.3) is 10.9 Å². The van der Waals surface area contributed by atoms with E-state index in [2.05, 4.69) is 34.7 Å². The highest BCUT2D eigenvalue weighted by Gasteiger charge is 2.33. The fraction of sp³-hybridized carbons (Fsp3) is 0.429. The van der Waals surface area contributed by atoms with Gasteiger partial charge in [-0.05, 0) is 31.0 Å². The van der Waals surface area contributed by atoms with E-state index in [0.29, 0.717) is 0 Å². The second-order valence-corrected chi connectivity index (χ2v) is 5.12. The molecule has 0 saturated carbocycles. The molecular weight excluding hydrogens is 212 g/mol. The Kier molecular flexibility index (Phi) is 2.65. The van der Waals surface area contributed by atoms with E-state index in [0.717, 1.165) is 25.9 Å². The average Bonchev–Trinajstić information content (AvgIpc) is 2.99. The predicted octanol–water partition coefficient (Wildman–Crippen LogP) is 1.68. The second kappa shape index (κ2) is 4.17. The van der Waals surface area contributed by atoms with Gasteiger partial charge in [-0.25, -0.2) is 0 Å². The maximum absolute atomic E-state index is 9.64. The van der Waals surface area contributed by atoms with Crippen LogP contribution in [0.1, 0.15) is 12.0 Å². The number of aromatic amines is 1. The first-order valence-electron chi connectivity index (χ1n) is 6.20. The quantitative estimate of drug-likeness (QED) is 0.751. The number of fused-ring (bicyclic) bond motifs is 1. The third kappa shape index (κ3) is 1.85. The van der Waals surface area contributed by atoms with Crippen molar-refractivity contribution >= 4 is 10.9 Å². The van der Waals surface area contributed by atoms with Gasteiger partial charge < -0.3 is 15.4 Å². The molecule has 1 atom stereocenters. The summed E-state index contributed by atoms with van der Waals surface area (Å²) in [5.74, 6) is 0. The van der Waals surface area contributed by atoms with Crippen LogP contribution >= 0.6 is 0 Å². The molecule has 1 aliphatic rings. The number of H-pyrrole nitrogens is 1. The predicted molar refractivity (Wildman–Crippen MR) is 69.0 cm³/mol. The lowest BCUT2D eigenvalue weighted by molar-refractivity contribution is 0.143. The minimum atomic E-state index is 0.0327. The van der Waals surface area contributed by atoms with Crippen molar-refractivity contribution < 1.29 is 5.11 Å². The molecule has 0 bridgehead atoms. The Morgan fingerprint density at radius 3 is 2.94 bits per heavy atom. The third-order valence-corrected chi connectivity index (χ3v) is 3.91. The van der Waals surface area contributed by atoms with Gasteiger partial charge >= 0.3 is 0 Å². The van der Waals surface area contributed by atoms with Gasteiger partial charge in [0.05, 0.1) is 6.61 Å². The van der Waals surface area contributed by atoms with E-state index in [1.807, 2.05) is 6.07 Å². The minimum Gasteiger partial charge on any atom is -0.396 e. The van der Waals surface area contributed by atoms with Gasteiger partial charge in [0.25, 0.3) is 0 Å². The molecule has 17 heavy (non-hydrogen) atoms. The molecular formula is C14H18N2O. The summed E-state index contributed by atoms with van der Waals surface area (Å²) in [4.78, 5) is 3.30. The summed E-state index contributed by atoms with van der Waals surface area (Å²) in [6, 6.07) is 8.35. The fourth-order valence-electron chi connectivity index (χ4n) is 2.82. The summed E-state index contributed by atoms with van der Waals surface area (Å²) in [5.41, 5.74) is 2.53. The lowest BCUT2D eigenvalue weighted by Crippen LogP contribution is -2.30. The molecule has 3 N–H and O–H groups in total. The largest absolute Gasteiger partial charge is 0.396 e. The zero-order chi connectivity index (χ0) is 11.7. The zero-order valence-corrected chi connectivity index (χ0v) is 9.87. The summed E-state index contributed by atoms with van der Waals surface area (Å²) in [6.45, 7) is 2.20. The number of hydrogen-bond donors (Lipinski definition) is 3. The maximum Gasteiger partial charge on any atom is 0.0503 e. The van der Waals surface area contributed by atoms with Crippen molar-refractivity contribution in [3.63, 3.8) is 0 Å². The highest BCUT2D eigenvalue weighted by molar-refractivity contribution is 5.83. The average molecular weight is 230 g/mol. The number of nitrogens with one attached hydrogen (secondary N) is 2. The van der Waals surface area contributed by atoms with Crippen LogP contribution in [0.15, 0.2) is 30.5 Å². The van der Waals surface area contributed by atoms with E-state index in [1.165, 1.54) is 16.5 Å². The molecule has 0 amide bonds. The summed E-state index contributed by atoms with van der Waals surface area (Å²) in [6.07, 6.45) is 4.09. The molecule has 2 heterocycles. The number of aliphatic hydroxyl groups excluding tert-OH is 1. The summed E-state index contributed by atoms with van der Waals surface area (Å²) < 4.78 is 0. The van der Waals surface area contributed by atoms with Crippen LogP contribution in [-0.2, 0) is 6.42 Å². The first-order valence-corrected chi connectivity index (χ1v) is 6.20. The highest BCUT2D eigenvalue weighted by atomic mass is 16.3. The van der Waals surface area contributed by atoms with E-state index in [1.54, 1.807) is 0 Å². The van der Waals surface area contributed by atoms with Gasteiger partial charge in [-0.2, -0.15) is 0 Å². The number of hydrogen-bond acceptors (Lipinski definition) is 2. The van der Waals surface area contributed by atoms with Gasteiger partial charge in [0.1, 0.15) is 0 Å². The van der Waals surface area contributed by atoms with Gasteiger partial charge in [-0.3, -0.25) is 0 Å². The van der Waals surface area contributed by atoms with Gasteiger partial charge in [0, 0.05) is 29.1 Å². The number of rotatable bonds is 3. The van der Waals surface area contributed by atoms with Crippen molar-refractivity contribution in [1.29, 1.82) is 0 Å². The van der Waals surface area contributed by atoms with Crippen molar-refractivity contribution in [2.75, 3.05) is 19.7 Å². The molecule has 1 fully saturated rings. The van der Waals surface area contributed by atoms with Crippen molar-refractivity contribution in [2.24, 2.45) is 5.41 Å². The van der Waals surface area contributed by atoms with Crippen LogP contribution in [0, 0.1) is 5.41 Å². The number of aliphatic hydroxyl groups is 1. The first kappa shape index (κ1) is 10.8. The topological polar surface area (TPSA) is 48.0 Å². The monoisotopic (exact) mass is 230 g/mol. The van der Waals surface area contributed by atoms with Crippen molar-refractivity contribution in [1.82, 2.24) is 10.3 Å². The summed E-state index contributed by atoms with van der Waals surface area (Å²) in [7, 11) is 0. The summed E-state index contributed by atoms with van der Waals surface area (Å²) in [5, 5.41) is 14.3. The molecule has 0 radical (unpaired) electrons. The fourth-order valence-corrected chi connectivity index (χ4v) is 2.82. The molecule has 90 valence electrons. The molecule has 2 aromatic rings. The van der Waals surface area contributed by atoms with Crippen LogP contribution in [-0.4, -0.2) is 29.8 Å². The molecule has 1 saturated heterocycles. The normalized spacial score (nSPS) is 24.5. The van der Waals surface area contributed by atoms with Crippen LogP contribution in [0.2, 0.25) is 0 Å². The molecule has 0 aliphatic carbocycles. The number of benzene rings is 1. The van der Waals surface area contributed by atoms with E-state index in [4.69, 9.17) is 0 Å². The smallest absolute Gasteiger partial charge is 0.0503 e. The Hall–Kier alpha value is -1.32. The molecule has 1 aromatic carbocycles. The van der Waals surface area contributed by atoms with E-state index in [9.17, 15) is 5.11 Å². The molecule has 3 nitrogen and oxygen atoms in total. The Morgan fingerprint density at radius 1 is 1.29 bits per heavy atom. The molecule has 3 rings (SSSR count). The number of para-hydroxylation sites is 1. The first-order chi connectivity index (χ1) is 8.33. The second-order valence-electron chi connectivity index (χ2n) is 5.12. The van der Waals surface area contributed by atoms with Gasteiger partial charge in [0.2, 0.25) is 0 Å². The Balaban J connectivity index is 1.94. The standard InChI is InChI=1S/C14H18N2O/c17-10-14(5-6-15-9-14)7-11-8-16-13-4-2-1-3-12(11)13/h1-4,8,15-17H,5-7,9-10H2. The van der Waals surface area contributed by atoms with Crippen LogP contribution in [0.5, 0.6) is 0 Å². The van der Waals surface area contributed by atoms with E-state index in [-0.39, 0.29) is 12.0 Å². The third-order valence-electron chi connectivity index (χ3n) is 3.91. The number of aromatic nitrogens is 1. The van der Waals surface area contributed by atoms with Crippen LogP contribution in [0.4, 0.5) is 0 Å². The Morgan fingerprint density at radius 2 is 2.18 bits per heavy atom. The van der Waals surface area contributed by atoms with Gasteiger partial charge in [0.15, 0.2) is 0 Å². The van der Waals surface area contributed by atoms with E-state index >= 15 is 0 Å². The van der Waals surface area contributed by atoms with Crippen LogP contribution in [0.3, 0.4) is 0 Å². The lowest BCUT2D eigenvalue weighted by Gasteiger charge is -2.25. The summed E-state index contributed by atoms with van der Waals surface area (Å²) >= 11 is 0. The Labute approximate surface area is 101 Å². The molecule has 3 heteroatoms. The van der Waals surface area contributed by atoms with Crippen molar-refractivity contribution in [3.05, 3.63) is 36.0 Å². The van der Waals surface area contributed by atoms with Gasteiger partial charge in [-0.1, -0.05) is 18.2 Å². The highest BCUT2D eigenvalue weighted by Crippen LogP contribution is 2.32. The molecule has 0 spiro atoms. The van der Waals surface area contributed by atoms with E-state index < -0.39 is 0 Å². The van der Waals surface area contributed by atoms with Crippen molar-refractivity contribution in [2.45, 2.75) is 12.8 Å². The van der Waals surface area contributed by atoms with Gasteiger partial charge in [-0.15, -0.1) is 0 Å². The Bertz CT molecular complexity index is 512. The molecule has 1 aromatic heterocycles. The van der Waals surface area contributed by atoms with Crippen LogP contribution < -0.4 is 5.32 Å². The molecule has 1 unspecified atom stereocenters. The SMILES string of the molecule is OCC1(Cc2c[nH]c3ccccc23)CCNC1. The zero-order valence-electron chi connectivity index (χ0n) is 9.87. The van der Waals surface area contributed by atoms with Crippen molar-refractivity contribution in [3.8, 4) is 0 Å².